The summed E-state index contributed by atoms with van der Waals surface area (Å²) in [7, 11) is -0.727. The van der Waals surface area contributed by atoms with E-state index >= 15 is 0 Å². The lowest BCUT2D eigenvalue weighted by molar-refractivity contribution is -0.113. The summed E-state index contributed by atoms with van der Waals surface area (Å²) >= 11 is 1.12. The Morgan fingerprint density at radius 2 is 1.97 bits per heavy atom. The molecule has 0 saturated carbocycles. The maximum Gasteiger partial charge on any atom is 0.262 e. The zero-order valence-corrected chi connectivity index (χ0v) is 18.7. The molecule has 0 fully saturated rings. The molecule has 3 aromatic rings. The lowest BCUT2D eigenvalue weighted by Crippen LogP contribution is -2.24. The first-order valence-corrected chi connectivity index (χ1v) is 11.7. The van der Waals surface area contributed by atoms with Crippen molar-refractivity contribution in [1.29, 1.82) is 0 Å². The first-order valence-electron chi connectivity index (χ1n) is 9.29. The van der Waals surface area contributed by atoms with Crippen molar-refractivity contribution in [3.8, 4) is 0 Å². The third-order valence-electron chi connectivity index (χ3n) is 4.37. The fourth-order valence-electron chi connectivity index (χ4n) is 2.82. The fraction of sp³-hybridized carbons (Fsp3) is 0.190. The van der Waals surface area contributed by atoms with E-state index in [1.54, 1.807) is 42.5 Å². The van der Waals surface area contributed by atoms with E-state index in [4.69, 9.17) is 0 Å². The standard InChI is InChI=1S/C21H22N4O4S2/c1-4-12-25-20(27)17-10-5-6-11-18(17)23-21(25)30-14-19(26)22-15-8-7-9-16(13-15)31(28,29)24(2)3/h4-11,13H,1,12,14H2,2-3H3,(H,22,26). The van der Waals surface area contributed by atoms with Crippen LogP contribution >= 0.6 is 11.8 Å². The van der Waals surface area contributed by atoms with Gasteiger partial charge in [-0.2, -0.15) is 0 Å². The van der Waals surface area contributed by atoms with E-state index in [1.807, 2.05) is 0 Å². The highest BCUT2D eigenvalue weighted by Crippen LogP contribution is 2.20. The van der Waals surface area contributed by atoms with Crippen molar-refractivity contribution in [3.63, 3.8) is 0 Å². The van der Waals surface area contributed by atoms with E-state index in [1.165, 1.54) is 30.8 Å². The Hall–Kier alpha value is -2.95. The smallest absolute Gasteiger partial charge is 0.262 e. The van der Waals surface area contributed by atoms with Crippen LogP contribution in [0.15, 0.2) is 76.0 Å². The summed E-state index contributed by atoms with van der Waals surface area (Å²) in [4.78, 5) is 29.8. The molecule has 31 heavy (non-hydrogen) atoms. The molecule has 0 aliphatic heterocycles. The van der Waals surface area contributed by atoms with Crippen LogP contribution in [0.1, 0.15) is 0 Å². The Balaban J connectivity index is 1.79. The molecule has 0 atom stereocenters. The van der Waals surface area contributed by atoms with Crippen LogP contribution in [0.25, 0.3) is 10.9 Å². The molecule has 1 heterocycles. The lowest BCUT2D eigenvalue weighted by atomic mass is 10.2. The third kappa shape index (κ3) is 5.04. The number of carbonyl (C=O) groups excluding carboxylic acids is 1. The molecule has 2 aromatic carbocycles. The van der Waals surface area contributed by atoms with Gasteiger partial charge in [0.1, 0.15) is 0 Å². The molecule has 8 nitrogen and oxygen atoms in total. The summed E-state index contributed by atoms with van der Waals surface area (Å²) in [6.45, 7) is 3.95. The number of nitrogens with one attached hydrogen (secondary N) is 1. The number of hydrogen-bond acceptors (Lipinski definition) is 6. The number of hydrogen-bond donors (Lipinski definition) is 1. The third-order valence-corrected chi connectivity index (χ3v) is 7.15. The summed E-state index contributed by atoms with van der Waals surface area (Å²) in [6, 6.07) is 13.1. The van der Waals surface area contributed by atoms with E-state index in [2.05, 4.69) is 16.9 Å². The average molecular weight is 459 g/mol. The molecule has 0 saturated heterocycles. The van der Waals surface area contributed by atoms with Crippen molar-refractivity contribution in [2.24, 2.45) is 0 Å². The number of rotatable bonds is 8. The highest BCUT2D eigenvalue weighted by molar-refractivity contribution is 7.99. The van der Waals surface area contributed by atoms with E-state index < -0.39 is 10.0 Å². The van der Waals surface area contributed by atoms with Crippen molar-refractivity contribution in [3.05, 3.63) is 71.5 Å². The number of aromatic nitrogens is 2. The number of amides is 1. The molecule has 0 aliphatic carbocycles. The number of carbonyl (C=O) groups is 1. The molecule has 162 valence electrons. The van der Waals surface area contributed by atoms with Crippen molar-refractivity contribution >= 4 is 44.3 Å². The van der Waals surface area contributed by atoms with Gasteiger partial charge in [0.05, 0.1) is 21.6 Å². The van der Waals surface area contributed by atoms with E-state index in [0.29, 0.717) is 21.7 Å². The van der Waals surface area contributed by atoms with Crippen molar-refractivity contribution in [1.82, 2.24) is 13.9 Å². The first kappa shape index (κ1) is 22.7. The summed E-state index contributed by atoms with van der Waals surface area (Å²) in [5, 5.41) is 3.59. The van der Waals surface area contributed by atoms with Crippen LogP contribution in [0, 0.1) is 0 Å². The predicted octanol–water partition coefficient (Wildman–Crippen LogP) is 2.56. The van der Waals surface area contributed by atoms with Gasteiger partial charge >= 0.3 is 0 Å². The van der Waals surface area contributed by atoms with Crippen LogP contribution in [0.3, 0.4) is 0 Å². The molecular weight excluding hydrogens is 436 g/mol. The van der Waals surface area contributed by atoms with Gasteiger partial charge in [0.25, 0.3) is 5.56 Å². The quantitative estimate of drug-likeness (QED) is 0.316. The minimum Gasteiger partial charge on any atom is -0.325 e. The Bertz CT molecular complexity index is 1300. The van der Waals surface area contributed by atoms with Gasteiger partial charge in [-0.25, -0.2) is 17.7 Å². The monoisotopic (exact) mass is 458 g/mol. The van der Waals surface area contributed by atoms with Crippen molar-refractivity contribution in [2.45, 2.75) is 16.6 Å². The molecule has 0 spiro atoms. The number of sulfonamides is 1. The lowest BCUT2D eigenvalue weighted by Gasteiger charge is -2.13. The Morgan fingerprint density at radius 1 is 1.23 bits per heavy atom. The molecule has 1 aromatic heterocycles. The van der Waals surface area contributed by atoms with Crippen LogP contribution in [-0.2, 0) is 21.4 Å². The summed E-state index contributed by atoms with van der Waals surface area (Å²) in [5.41, 5.74) is 0.718. The maximum absolute atomic E-state index is 12.8. The minimum atomic E-state index is -3.61. The van der Waals surface area contributed by atoms with Crippen LogP contribution in [0.5, 0.6) is 0 Å². The second-order valence-corrected chi connectivity index (χ2v) is 9.86. The molecular formula is C21H22N4O4S2. The average Bonchev–Trinajstić information content (AvgIpc) is 2.74. The topological polar surface area (TPSA) is 101 Å². The molecule has 10 heteroatoms. The van der Waals surface area contributed by atoms with E-state index in [0.717, 1.165) is 16.1 Å². The highest BCUT2D eigenvalue weighted by atomic mass is 32.2. The first-order chi connectivity index (χ1) is 14.7. The number of para-hydroxylation sites is 1. The van der Waals surface area contributed by atoms with Gasteiger partial charge in [-0.15, -0.1) is 6.58 Å². The van der Waals surface area contributed by atoms with Crippen LogP contribution in [0.4, 0.5) is 5.69 Å². The van der Waals surface area contributed by atoms with Gasteiger partial charge in [0.2, 0.25) is 15.9 Å². The second-order valence-electron chi connectivity index (χ2n) is 6.77. The molecule has 0 bridgehead atoms. The second kappa shape index (κ2) is 9.46. The van der Waals surface area contributed by atoms with Gasteiger partial charge in [-0.1, -0.05) is 36.0 Å². The SMILES string of the molecule is C=CCn1c(SCC(=O)Nc2cccc(S(=O)(=O)N(C)C)c2)nc2ccccc2c1=O. The summed E-state index contributed by atoms with van der Waals surface area (Å²) < 4.78 is 27.1. The molecule has 0 unspecified atom stereocenters. The molecule has 0 aliphatic rings. The van der Waals surface area contributed by atoms with Crippen molar-refractivity contribution in [2.75, 3.05) is 25.2 Å². The predicted molar refractivity (Wildman–Crippen MR) is 123 cm³/mol. The maximum atomic E-state index is 12.8. The van der Waals surface area contributed by atoms with Gasteiger partial charge in [0.15, 0.2) is 5.16 Å². The molecule has 1 N–H and O–H groups in total. The molecule has 1 amide bonds. The summed E-state index contributed by atoms with van der Waals surface area (Å²) in [5.74, 6) is -0.357. The number of benzene rings is 2. The van der Waals surface area contributed by atoms with Crippen LogP contribution < -0.4 is 10.9 Å². The van der Waals surface area contributed by atoms with Crippen molar-refractivity contribution < 1.29 is 13.2 Å². The zero-order chi connectivity index (χ0) is 22.6. The highest BCUT2D eigenvalue weighted by Gasteiger charge is 2.18. The Morgan fingerprint density at radius 3 is 2.68 bits per heavy atom. The van der Waals surface area contributed by atoms with E-state index in [-0.39, 0.29) is 28.7 Å². The van der Waals surface area contributed by atoms with Gasteiger partial charge in [0, 0.05) is 26.3 Å². The fourth-order valence-corrected chi connectivity index (χ4v) is 4.58. The number of nitrogens with zero attached hydrogens (tertiary/aromatic N) is 3. The number of thioether (sulfide) groups is 1. The molecule has 3 rings (SSSR count). The molecule has 0 radical (unpaired) electrons. The number of anilines is 1. The van der Waals surface area contributed by atoms with Gasteiger partial charge < -0.3 is 5.32 Å². The largest absolute Gasteiger partial charge is 0.325 e. The zero-order valence-electron chi connectivity index (χ0n) is 17.1. The van der Waals surface area contributed by atoms with Crippen LogP contribution in [0.2, 0.25) is 0 Å². The Labute approximate surface area is 184 Å². The van der Waals surface area contributed by atoms with Gasteiger partial charge in [-0.3, -0.25) is 14.2 Å². The van der Waals surface area contributed by atoms with Crippen LogP contribution in [-0.4, -0.2) is 48.0 Å². The minimum absolute atomic E-state index is 0.00736. The Kier molecular flexibility index (Phi) is 6.94. The van der Waals surface area contributed by atoms with E-state index in [9.17, 15) is 18.0 Å². The normalized spacial score (nSPS) is 11.6. The number of allylic oxidation sites excluding steroid dienone is 1. The number of fused-ring (bicyclic) bond motifs is 1. The van der Waals surface area contributed by atoms with Gasteiger partial charge in [-0.05, 0) is 30.3 Å². The summed E-state index contributed by atoms with van der Waals surface area (Å²) in [6.07, 6.45) is 1.60.